The molecule has 0 heterocycles. The van der Waals surface area contributed by atoms with Crippen LogP contribution in [-0.2, 0) is 10.3 Å². The highest BCUT2D eigenvalue weighted by molar-refractivity contribution is 5.92. The molecule has 4 nitrogen and oxygen atoms in total. The van der Waals surface area contributed by atoms with Gasteiger partial charge >= 0.3 is 0 Å². The van der Waals surface area contributed by atoms with Crippen LogP contribution in [0.25, 0.3) is 6.08 Å². The number of hydrogen-bond acceptors (Lipinski definition) is 3. The van der Waals surface area contributed by atoms with Gasteiger partial charge < -0.3 is 14.8 Å². The third-order valence-corrected chi connectivity index (χ3v) is 4.28. The minimum atomic E-state index is -0.298. The molecule has 1 aliphatic rings. The summed E-state index contributed by atoms with van der Waals surface area (Å²) in [5.41, 5.74) is 1.69. The Balaban J connectivity index is 1.69. The lowest BCUT2D eigenvalue weighted by Crippen LogP contribution is -2.33. The second-order valence-electron chi connectivity index (χ2n) is 5.88. The van der Waals surface area contributed by atoms with Crippen LogP contribution in [0.5, 0.6) is 11.5 Å². The van der Waals surface area contributed by atoms with Crippen LogP contribution in [0.1, 0.15) is 24.0 Å². The van der Waals surface area contributed by atoms with E-state index in [4.69, 9.17) is 9.47 Å². The van der Waals surface area contributed by atoms with Crippen LogP contribution in [0, 0.1) is 0 Å². The minimum absolute atomic E-state index is 0.103. The summed E-state index contributed by atoms with van der Waals surface area (Å²) in [5.74, 6) is 1.51. The van der Waals surface area contributed by atoms with Gasteiger partial charge in [-0.3, -0.25) is 4.79 Å². The topological polar surface area (TPSA) is 47.6 Å². The number of benzene rings is 2. The fourth-order valence-corrected chi connectivity index (χ4v) is 2.79. The first-order valence-corrected chi connectivity index (χ1v) is 7.95. The molecule has 0 aliphatic heterocycles. The highest BCUT2D eigenvalue weighted by Crippen LogP contribution is 2.48. The molecule has 0 radical (unpaired) electrons. The van der Waals surface area contributed by atoms with Crippen LogP contribution in [-0.4, -0.2) is 20.1 Å². The average Bonchev–Trinajstić information content (AvgIpc) is 3.41. The summed E-state index contributed by atoms with van der Waals surface area (Å²) in [6.07, 6.45) is 5.22. The standard InChI is InChI=1S/C20H21NO3/c1-23-16-10-7-15(8-11-16)9-12-19(22)21-20(13-14-20)17-5-3-4-6-18(17)24-2/h3-12H,13-14H2,1-2H3,(H,21,22)/b12-9+. The lowest BCUT2D eigenvalue weighted by Gasteiger charge is -2.19. The molecule has 1 fully saturated rings. The fraction of sp³-hybridized carbons (Fsp3) is 0.250. The molecule has 1 N–H and O–H groups in total. The number of rotatable bonds is 6. The highest BCUT2D eigenvalue weighted by atomic mass is 16.5. The van der Waals surface area contributed by atoms with Crippen molar-refractivity contribution >= 4 is 12.0 Å². The molecule has 1 saturated carbocycles. The number of nitrogens with one attached hydrogen (secondary N) is 1. The maximum atomic E-state index is 12.3. The number of ether oxygens (including phenoxy) is 2. The quantitative estimate of drug-likeness (QED) is 0.827. The molecular weight excluding hydrogens is 302 g/mol. The second kappa shape index (κ2) is 6.79. The molecule has 1 aliphatic carbocycles. The molecule has 0 atom stereocenters. The van der Waals surface area contributed by atoms with E-state index in [2.05, 4.69) is 5.32 Å². The van der Waals surface area contributed by atoms with E-state index < -0.39 is 0 Å². The second-order valence-corrected chi connectivity index (χ2v) is 5.88. The van der Waals surface area contributed by atoms with Gasteiger partial charge in [-0.05, 0) is 42.7 Å². The molecule has 3 rings (SSSR count). The Kier molecular flexibility index (Phi) is 4.56. The summed E-state index contributed by atoms with van der Waals surface area (Å²) in [6, 6.07) is 15.4. The van der Waals surface area contributed by atoms with Gasteiger partial charge in [0.25, 0.3) is 0 Å². The fourth-order valence-electron chi connectivity index (χ4n) is 2.79. The Morgan fingerprint density at radius 2 is 1.75 bits per heavy atom. The van der Waals surface area contributed by atoms with E-state index in [9.17, 15) is 4.79 Å². The Hall–Kier alpha value is -2.75. The summed E-state index contributed by atoms with van der Waals surface area (Å²) < 4.78 is 10.5. The van der Waals surface area contributed by atoms with Gasteiger partial charge in [0.05, 0.1) is 19.8 Å². The monoisotopic (exact) mass is 323 g/mol. The number of carbonyl (C=O) groups excluding carboxylic acids is 1. The predicted octanol–water partition coefficient (Wildman–Crippen LogP) is 3.52. The lowest BCUT2D eigenvalue weighted by molar-refractivity contribution is -0.117. The molecule has 0 unspecified atom stereocenters. The summed E-state index contributed by atoms with van der Waals surface area (Å²) in [5, 5.41) is 3.12. The Labute approximate surface area is 142 Å². The van der Waals surface area contributed by atoms with Crippen LogP contribution < -0.4 is 14.8 Å². The Morgan fingerprint density at radius 1 is 1.04 bits per heavy atom. The van der Waals surface area contributed by atoms with Crippen LogP contribution in [0.4, 0.5) is 0 Å². The zero-order valence-electron chi connectivity index (χ0n) is 13.9. The smallest absolute Gasteiger partial charge is 0.244 e. The third-order valence-electron chi connectivity index (χ3n) is 4.28. The summed E-state index contributed by atoms with van der Waals surface area (Å²) in [7, 11) is 3.28. The van der Waals surface area contributed by atoms with E-state index in [1.54, 1.807) is 26.4 Å². The van der Waals surface area contributed by atoms with Crippen LogP contribution in [0.15, 0.2) is 54.6 Å². The molecule has 124 valence electrons. The number of hydrogen-bond donors (Lipinski definition) is 1. The van der Waals surface area contributed by atoms with Gasteiger partial charge in [-0.2, -0.15) is 0 Å². The van der Waals surface area contributed by atoms with Crippen molar-refractivity contribution < 1.29 is 14.3 Å². The lowest BCUT2D eigenvalue weighted by atomic mass is 10.0. The van der Waals surface area contributed by atoms with Gasteiger partial charge in [0.15, 0.2) is 0 Å². The molecule has 24 heavy (non-hydrogen) atoms. The molecule has 0 saturated heterocycles. The predicted molar refractivity (Wildman–Crippen MR) is 94.1 cm³/mol. The first kappa shape index (κ1) is 16.1. The Bertz CT molecular complexity index is 746. The number of methoxy groups -OCH3 is 2. The van der Waals surface area contributed by atoms with E-state index in [-0.39, 0.29) is 11.4 Å². The van der Waals surface area contributed by atoms with Gasteiger partial charge in [-0.15, -0.1) is 0 Å². The van der Waals surface area contributed by atoms with Crippen molar-refractivity contribution in [3.8, 4) is 11.5 Å². The van der Waals surface area contributed by atoms with Crippen molar-refractivity contribution in [2.24, 2.45) is 0 Å². The van der Waals surface area contributed by atoms with Crippen LogP contribution in [0.2, 0.25) is 0 Å². The summed E-state index contributed by atoms with van der Waals surface area (Å²) in [4.78, 5) is 12.3. The maximum absolute atomic E-state index is 12.3. The number of amides is 1. The molecule has 2 aromatic carbocycles. The molecule has 0 bridgehead atoms. The number of carbonyl (C=O) groups is 1. The van der Waals surface area contributed by atoms with Crippen molar-refractivity contribution in [1.82, 2.24) is 5.32 Å². The minimum Gasteiger partial charge on any atom is -0.497 e. The zero-order chi connectivity index (χ0) is 17.0. The largest absolute Gasteiger partial charge is 0.497 e. The Morgan fingerprint density at radius 3 is 2.38 bits per heavy atom. The van der Waals surface area contributed by atoms with Crippen molar-refractivity contribution in [2.75, 3.05) is 14.2 Å². The molecule has 4 heteroatoms. The molecule has 2 aromatic rings. The van der Waals surface area contributed by atoms with Crippen LogP contribution >= 0.6 is 0 Å². The highest BCUT2D eigenvalue weighted by Gasteiger charge is 2.47. The first-order valence-electron chi connectivity index (χ1n) is 7.95. The third kappa shape index (κ3) is 3.43. The van der Waals surface area contributed by atoms with Gasteiger partial charge in [0.1, 0.15) is 11.5 Å². The van der Waals surface area contributed by atoms with Gasteiger partial charge in [0.2, 0.25) is 5.91 Å². The van der Waals surface area contributed by atoms with Gasteiger partial charge in [0, 0.05) is 11.6 Å². The van der Waals surface area contributed by atoms with E-state index in [1.807, 2.05) is 48.5 Å². The SMILES string of the molecule is COc1ccc(/C=C/C(=O)NC2(c3ccccc3OC)CC2)cc1. The molecule has 0 spiro atoms. The van der Waals surface area contributed by atoms with Gasteiger partial charge in [-0.25, -0.2) is 0 Å². The molecule has 0 aromatic heterocycles. The number of para-hydroxylation sites is 1. The molecular formula is C20H21NO3. The van der Waals surface area contributed by atoms with Crippen LogP contribution in [0.3, 0.4) is 0 Å². The average molecular weight is 323 g/mol. The van der Waals surface area contributed by atoms with Crippen molar-refractivity contribution in [2.45, 2.75) is 18.4 Å². The summed E-state index contributed by atoms with van der Waals surface area (Å²) >= 11 is 0. The van der Waals surface area contributed by atoms with E-state index in [1.165, 1.54) is 0 Å². The van der Waals surface area contributed by atoms with Crippen molar-refractivity contribution in [1.29, 1.82) is 0 Å². The van der Waals surface area contributed by atoms with E-state index >= 15 is 0 Å². The zero-order valence-corrected chi connectivity index (χ0v) is 13.9. The summed E-state index contributed by atoms with van der Waals surface area (Å²) in [6.45, 7) is 0. The molecule has 1 amide bonds. The van der Waals surface area contributed by atoms with Gasteiger partial charge in [-0.1, -0.05) is 30.3 Å². The maximum Gasteiger partial charge on any atom is 0.244 e. The normalized spacial score (nSPS) is 15.1. The van der Waals surface area contributed by atoms with E-state index in [0.29, 0.717) is 0 Å². The van der Waals surface area contributed by atoms with E-state index in [0.717, 1.165) is 35.5 Å². The van der Waals surface area contributed by atoms with Crippen molar-refractivity contribution in [3.05, 3.63) is 65.7 Å². The van der Waals surface area contributed by atoms with Crippen molar-refractivity contribution in [3.63, 3.8) is 0 Å². The first-order chi connectivity index (χ1) is 11.7.